The fourth-order valence-corrected chi connectivity index (χ4v) is 1.01. The van der Waals surface area contributed by atoms with Crippen LogP contribution >= 0.6 is 0 Å². The fraction of sp³-hybridized carbons (Fsp3) is 0.222. The third-order valence-electron chi connectivity index (χ3n) is 1.75. The van der Waals surface area contributed by atoms with E-state index in [1.54, 1.807) is 0 Å². The number of phenols is 2. The first-order valence-electron chi connectivity index (χ1n) is 3.92. The Bertz CT molecular complexity index is 352. The Morgan fingerprint density at radius 2 is 1.87 bits per heavy atom. The van der Waals surface area contributed by atoms with Gasteiger partial charge < -0.3 is 20.4 Å². The maximum absolute atomic E-state index is 10.3. The minimum absolute atomic E-state index is 0. The van der Waals surface area contributed by atoms with E-state index in [-0.39, 0.29) is 47.5 Å². The van der Waals surface area contributed by atoms with E-state index in [1.807, 2.05) is 0 Å². The molecule has 78 valence electrons. The maximum atomic E-state index is 10.3. The molecule has 0 bridgehead atoms. The Balaban J connectivity index is 0.00000196. The van der Waals surface area contributed by atoms with Crippen molar-refractivity contribution in [3.8, 4) is 11.5 Å². The van der Waals surface area contributed by atoms with Crippen LogP contribution in [0.2, 0.25) is 0 Å². The number of aliphatic hydroxyl groups excluding tert-OH is 1. The molecular formula is C9H11NaO5. The number of aliphatic hydroxyl groups is 1. The second-order valence-corrected chi connectivity index (χ2v) is 2.88. The summed E-state index contributed by atoms with van der Waals surface area (Å²) in [6, 6.07) is 3.88. The monoisotopic (exact) mass is 222 g/mol. The van der Waals surface area contributed by atoms with Crippen molar-refractivity contribution >= 4 is 35.5 Å². The van der Waals surface area contributed by atoms with Gasteiger partial charge in [0.2, 0.25) is 0 Å². The van der Waals surface area contributed by atoms with Gasteiger partial charge in [-0.05, 0) is 17.7 Å². The van der Waals surface area contributed by atoms with Gasteiger partial charge in [0, 0.05) is 6.42 Å². The fourth-order valence-electron chi connectivity index (χ4n) is 1.01. The molecule has 0 spiro atoms. The van der Waals surface area contributed by atoms with E-state index < -0.39 is 12.1 Å². The molecule has 1 atom stereocenters. The molecule has 0 heterocycles. The van der Waals surface area contributed by atoms with Gasteiger partial charge in [-0.3, -0.25) is 0 Å². The number of hydrogen-bond acceptors (Lipinski definition) is 4. The topological polar surface area (TPSA) is 98.0 Å². The number of carboxylic acid groups (broad SMARTS) is 1. The molecule has 0 radical (unpaired) electrons. The molecule has 0 aliphatic heterocycles. The number of rotatable bonds is 3. The summed E-state index contributed by atoms with van der Waals surface area (Å²) >= 11 is 0. The number of aliphatic carboxylic acids is 1. The number of benzene rings is 1. The van der Waals surface area contributed by atoms with Gasteiger partial charge in [0.25, 0.3) is 0 Å². The van der Waals surface area contributed by atoms with Crippen LogP contribution in [-0.4, -0.2) is 62.1 Å². The number of aromatic hydroxyl groups is 2. The first-order chi connectivity index (χ1) is 6.50. The molecule has 1 aromatic rings. The van der Waals surface area contributed by atoms with Gasteiger partial charge in [0.15, 0.2) is 17.6 Å². The molecule has 0 fully saturated rings. The molecule has 0 saturated heterocycles. The zero-order chi connectivity index (χ0) is 10.7. The van der Waals surface area contributed by atoms with Crippen LogP contribution in [0.15, 0.2) is 18.2 Å². The Morgan fingerprint density at radius 3 is 2.33 bits per heavy atom. The van der Waals surface area contributed by atoms with Gasteiger partial charge in [-0.25, -0.2) is 4.79 Å². The Labute approximate surface area is 108 Å². The number of phenolic OH excluding ortho intramolecular Hbond substituents is 2. The van der Waals surface area contributed by atoms with E-state index in [9.17, 15) is 4.79 Å². The van der Waals surface area contributed by atoms with Gasteiger partial charge in [-0.15, -0.1) is 0 Å². The molecular weight excluding hydrogens is 211 g/mol. The van der Waals surface area contributed by atoms with Crippen LogP contribution in [0.3, 0.4) is 0 Å². The molecule has 4 N–H and O–H groups in total. The quantitative estimate of drug-likeness (QED) is 0.406. The Morgan fingerprint density at radius 1 is 1.27 bits per heavy atom. The predicted molar refractivity (Wildman–Crippen MR) is 54.3 cm³/mol. The van der Waals surface area contributed by atoms with E-state index in [0.29, 0.717) is 5.56 Å². The molecule has 1 rings (SSSR count). The van der Waals surface area contributed by atoms with E-state index in [4.69, 9.17) is 20.4 Å². The summed E-state index contributed by atoms with van der Waals surface area (Å²) in [5.41, 5.74) is 0.440. The first kappa shape index (κ1) is 14.2. The van der Waals surface area contributed by atoms with E-state index in [0.717, 1.165) is 0 Å². The van der Waals surface area contributed by atoms with Crippen LogP contribution < -0.4 is 0 Å². The second kappa shape index (κ2) is 5.97. The number of hydrogen-bond donors (Lipinski definition) is 4. The average molecular weight is 222 g/mol. The van der Waals surface area contributed by atoms with Crippen molar-refractivity contribution in [2.75, 3.05) is 0 Å². The summed E-state index contributed by atoms with van der Waals surface area (Å²) in [6.45, 7) is 0. The van der Waals surface area contributed by atoms with Crippen molar-refractivity contribution in [1.29, 1.82) is 0 Å². The van der Waals surface area contributed by atoms with E-state index >= 15 is 0 Å². The SMILES string of the molecule is O=C(O)[C@H](O)Cc1ccc(O)c(O)c1.[NaH]. The van der Waals surface area contributed by atoms with Gasteiger partial charge in [-0.1, -0.05) is 6.07 Å². The molecule has 0 saturated carbocycles. The van der Waals surface area contributed by atoms with Crippen LogP contribution in [0, 0.1) is 0 Å². The van der Waals surface area contributed by atoms with Gasteiger partial charge >= 0.3 is 35.5 Å². The minimum atomic E-state index is -1.50. The van der Waals surface area contributed by atoms with Crippen LogP contribution in [-0.2, 0) is 11.2 Å². The van der Waals surface area contributed by atoms with Crippen molar-refractivity contribution in [2.45, 2.75) is 12.5 Å². The van der Waals surface area contributed by atoms with Gasteiger partial charge in [0.05, 0.1) is 0 Å². The van der Waals surface area contributed by atoms with Crippen LogP contribution in [0.5, 0.6) is 11.5 Å². The summed E-state index contributed by atoms with van der Waals surface area (Å²) in [7, 11) is 0. The zero-order valence-electron chi connectivity index (χ0n) is 7.21. The first-order valence-corrected chi connectivity index (χ1v) is 3.92. The predicted octanol–water partition coefficient (Wildman–Crippen LogP) is -0.563. The van der Waals surface area contributed by atoms with Crippen molar-refractivity contribution in [3.05, 3.63) is 23.8 Å². The summed E-state index contributed by atoms with van der Waals surface area (Å²) in [4.78, 5) is 10.3. The summed E-state index contributed by atoms with van der Waals surface area (Å²) < 4.78 is 0. The van der Waals surface area contributed by atoms with Gasteiger partial charge in [-0.2, -0.15) is 0 Å². The van der Waals surface area contributed by atoms with Crippen molar-refractivity contribution in [1.82, 2.24) is 0 Å². The van der Waals surface area contributed by atoms with Crippen molar-refractivity contribution < 1.29 is 25.2 Å². The molecule has 5 nitrogen and oxygen atoms in total. The number of carboxylic acids is 1. The number of carbonyl (C=O) groups is 1. The summed E-state index contributed by atoms with van der Waals surface area (Å²) in [5.74, 6) is -1.93. The zero-order valence-corrected chi connectivity index (χ0v) is 7.21. The van der Waals surface area contributed by atoms with Crippen molar-refractivity contribution in [2.24, 2.45) is 0 Å². The van der Waals surface area contributed by atoms with Gasteiger partial charge in [0.1, 0.15) is 0 Å². The Kier molecular flexibility index (Phi) is 5.67. The van der Waals surface area contributed by atoms with Crippen molar-refractivity contribution in [3.63, 3.8) is 0 Å². The second-order valence-electron chi connectivity index (χ2n) is 2.88. The third-order valence-corrected chi connectivity index (χ3v) is 1.75. The molecule has 0 aromatic heterocycles. The molecule has 15 heavy (non-hydrogen) atoms. The molecule has 6 heteroatoms. The van der Waals surface area contributed by atoms with Crippen LogP contribution in [0.1, 0.15) is 5.56 Å². The van der Waals surface area contributed by atoms with E-state index in [1.165, 1.54) is 18.2 Å². The molecule has 0 aliphatic rings. The molecule has 1 aromatic carbocycles. The molecule has 0 amide bonds. The third kappa shape index (κ3) is 4.09. The molecule has 0 aliphatic carbocycles. The molecule has 0 unspecified atom stereocenters. The summed E-state index contributed by atoms with van der Waals surface area (Å²) in [6.07, 6.45) is -1.61. The average Bonchev–Trinajstić information content (AvgIpc) is 2.11. The van der Waals surface area contributed by atoms with Crippen LogP contribution in [0.4, 0.5) is 0 Å². The van der Waals surface area contributed by atoms with Crippen LogP contribution in [0.25, 0.3) is 0 Å². The summed E-state index contributed by atoms with van der Waals surface area (Å²) in [5, 5.41) is 35.4. The standard InChI is InChI=1S/C9H10O5.Na.H/c10-6-2-1-5(3-7(6)11)4-8(12)9(13)14;;/h1-3,8,10-12H,4H2,(H,13,14);;/t8-;;/m1../s1. The normalized spacial score (nSPS) is 11.5. The Hall–Kier alpha value is -0.750. The van der Waals surface area contributed by atoms with E-state index in [2.05, 4.69) is 0 Å².